The molecule has 2 aliphatic heterocycles. The second-order valence-electron chi connectivity index (χ2n) is 5.29. The zero-order valence-electron chi connectivity index (χ0n) is 13.3. The molecule has 0 amide bonds. The van der Waals surface area contributed by atoms with E-state index in [1.807, 2.05) is 0 Å². The number of nitrogens with zero attached hydrogens (tertiary/aromatic N) is 4. The topological polar surface area (TPSA) is 162 Å². The van der Waals surface area contributed by atoms with Gasteiger partial charge >= 0.3 is 99.7 Å². The third kappa shape index (κ3) is 5.51. The van der Waals surface area contributed by atoms with Crippen molar-refractivity contribution < 1.29 is 28.6 Å². The summed E-state index contributed by atoms with van der Waals surface area (Å²) in [5.41, 5.74) is 6.07. The molecule has 1 fully saturated rings. The Kier molecular flexibility index (Phi) is 6.82. The number of hydrogen-bond donors (Lipinski definition) is 3. The number of ether oxygens (including phenoxy) is 2. The van der Waals surface area contributed by atoms with Gasteiger partial charge in [0.1, 0.15) is 18.4 Å². The van der Waals surface area contributed by atoms with E-state index in [0.29, 0.717) is 57.7 Å². The second kappa shape index (κ2) is 8.26. The monoisotopic (exact) mass is 369 g/mol. The Labute approximate surface area is 154 Å². The van der Waals surface area contributed by atoms with Crippen LogP contribution in [0.3, 0.4) is 0 Å². The molecule has 0 saturated carbocycles. The third-order valence-corrected chi connectivity index (χ3v) is 5.30. The SMILES string of the molecule is COP(=O)(O)CO[C@]1([Na])C[C@H](O)CO1.Nc1ncnc2c1=NCN=2. The van der Waals surface area contributed by atoms with Crippen LogP contribution in [0, 0.1) is 0 Å². The summed E-state index contributed by atoms with van der Waals surface area (Å²) in [6, 6.07) is 0. The van der Waals surface area contributed by atoms with Gasteiger partial charge in [-0.1, -0.05) is 0 Å². The van der Waals surface area contributed by atoms with E-state index in [1.54, 1.807) is 0 Å². The number of fused-ring (bicyclic) bond motifs is 1. The Hall–Kier alpha value is -0.490. The molecule has 128 valence electrons. The van der Waals surface area contributed by atoms with Gasteiger partial charge in [-0.25, -0.2) is 15.0 Å². The van der Waals surface area contributed by atoms with E-state index in [4.69, 9.17) is 20.1 Å². The molecule has 2 aliphatic rings. The van der Waals surface area contributed by atoms with Gasteiger partial charge in [0.15, 0.2) is 11.3 Å². The molecule has 0 aliphatic carbocycles. The first-order valence-electron chi connectivity index (χ1n) is 7.04. The summed E-state index contributed by atoms with van der Waals surface area (Å²) < 4.78 is 24.9. The quantitative estimate of drug-likeness (QED) is 0.390. The van der Waals surface area contributed by atoms with Crippen LogP contribution < -0.4 is 16.6 Å². The maximum Gasteiger partial charge on any atom is 0.180 e. The van der Waals surface area contributed by atoms with Gasteiger partial charge < -0.3 is 5.73 Å². The third-order valence-electron chi connectivity index (χ3n) is 3.29. The van der Waals surface area contributed by atoms with E-state index in [1.165, 1.54) is 6.33 Å². The summed E-state index contributed by atoms with van der Waals surface area (Å²) in [4.78, 5) is 24.6. The first-order valence-corrected chi connectivity index (χ1v) is 9.80. The van der Waals surface area contributed by atoms with E-state index in [-0.39, 0.29) is 6.61 Å². The van der Waals surface area contributed by atoms with Crippen molar-refractivity contribution in [2.75, 3.05) is 32.5 Å². The van der Waals surface area contributed by atoms with Crippen molar-refractivity contribution in [3.8, 4) is 0 Å². The van der Waals surface area contributed by atoms with Crippen molar-refractivity contribution in [2.24, 2.45) is 9.98 Å². The van der Waals surface area contributed by atoms with Crippen LogP contribution in [0.5, 0.6) is 0 Å². The first kappa shape index (κ1) is 19.8. The number of aromatic nitrogens is 2. The van der Waals surface area contributed by atoms with Crippen LogP contribution in [-0.4, -0.2) is 83.8 Å². The molecule has 0 aromatic carbocycles. The van der Waals surface area contributed by atoms with Crippen molar-refractivity contribution in [1.82, 2.24) is 9.97 Å². The zero-order valence-corrected chi connectivity index (χ0v) is 16.2. The number of hydrogen-bond acceptors (Lipinski definition) is 10. The number of aliphatic hydroxyl groups is 1. The molecule has 3 rings (SSSR count). The fourth-order valence-electron chi connectivity index (χ4n) is 2.01. The smallest absolute Gasteiger partial charge is 0.180 e. The molecule has 1 aromatic heterocycles. The summed E-state index contributed by atoms with van der Waals surface area (Å²) in [5, 5.41) is 9.83. The van der Waals surface area contributed by atoms with Crippen LogP contribution in [-0.2, 0) is 18.6 Å². The zero-order chi connectivity index (χ0) is 17.8. The largest absolute Gasteiger partial charge is 0.382 e. The molecule has 11 nitrogen and oxygen atoms in total. The molecule has 1 unspecified atom stereocenters. The fourth-order valence-corrected chi connectivity index (χ4v) is 3.58. The molecule has 0 spiro atoms. The van der Waals surface area contributed by atoms with Crippen molar-refractivity contribution in [1.29, 1.82) is 0 Å². The van der Waals surface area contributed by atoms with E-state index < -0.39 is 23.1 Å². The Morgan fingerprint density at radius 1 is 1.54 bits per heavy atom. The maximum atomic E-state index is 11.1. The predicted octanol–water partition coefficient (Wildman–Crippen LogP) is -2.34. The van der Waals surface area contributed by atoms with E-state index in [9.17, 15) is 9.67 Å². The Morgan fingerprint density at radius 2 is 2.29 bits per heavy atom. The number of rotatable bonds is 4. The minimum atomic E-state index is -3.65. The maximum absolute atomic E-state index is 11.1. The minimum Gasteiger partial charge on any atom is -0.382 e. The Bertz CT molecular complexity index is 751. The van der Waals surface area contributed by atoms with Gasteiger partial charge in [-0.05, 0) is 0 Å². The Balaban J connectivity index is 0.000000182. The normalized spacial score (nSPS) is 27.3. The van der Waals surface area contributed by atoms with Crippen LogP contribution in [0.25, 0.3) is 0 Å². The van der Waals surface area contributed by atoms with Crippen LogP contribution in [0.4, 0.5) is 5.82 Å². The van der Waals surface area contributed by atoms with Crippen molar-refractivity contribution in [3.05, 3.63) is 17.2 Å². The molecule has 0 radical (unpaired) electrons. The number of nitrogen functional groups attached to an aromatic ring is 1. The molecule has 0 bridgehead atoms. The van der Waals surface area contributed by atoms with Gasteiger partial charge in [-0.2, -0.15) is 0 Å². The van der Waals surface area contributed by atoms with E-state index in [0.717, 1.165) is 7.11 Å². The molecule has 3 heterocycles. The molecular weight excluding hydrogens is 352 g/mol. The van der Waals surface area contributed by atoms with Crippen molar-refractivity contribution >= 4 is 41.3 Å². The molecular formula is C11H17N5NaO6P. The average molecular weight is 369 g/mol. The van der Waals surface area contributed by atoms with Crippen molar-refractivity contribution in [3.63, 3.8) is 0 Å². The van der Waals surface area contributed by atoms with Crippen LogP contribution in [0.1, 0.15) is 6.42 Å². The van der Waals surface area contributed by atoms with Crippen LogP contribution in [0.2, 0.25) is 0 Å². The van der Waals surface area contributed by atoms with Crippen molar-refractivity contribution in [2.45, 2.75) is 15.6 Å². The Morgan fingerprint density at radius 3 is 2.88 bits per heavy atom. The van der Waals surface area contributed by atoms with Gasteiger partial charge in [0.05, 0.1) is 0 Å². The molecule has 4 N–H and O–H groups in total. The average Bonchev–Trinajstić information content (AvgIpc) is 3.14. The summed E-state index contributed by atoms with van der Waals surface area (Å²) in [5.74, 6) is 0.409. The summed E-state index contributed by atoms with van der Waals surface area (Å²) in [6.07, 6.45) is 0.786. The van der Waals surface area contributed by atoms with Gasteiger partial charge in [0, 0.05) is 0 Å². The van der Waals surface area contributed by atoms with Gasteiger partial charge in [-0.3, -0.25) is 4.99 Å². The van der Waals surface area contributed by atoms with E-state index >= 15 is 0 Å². The first-order chi connectivity index (χ1) is 11.2. The predicted molar refractivity (Wildman–Crippen MR) is 81.5 cm³/mol. The molecule has 1 aromatic rings. The molecule has 3 atom stereocenters. The molecule has 13 heteroatoms. The number of nitrogens with two attached hydrogens (primary N) is 1. The summed E-state index contributed by atoms with van der Waals surface area (Å²) in [6.45, 7) is 0.643. The standard InChI is InChI=1S/C6H12O6P.C5H5N5.Na/c1-10-13(8,9)4-12-6-2-5(7)3-11-6;6-4-3-5(9-1-7-3)10-2-8-4;/h5,7H,2-4H2,1H3,(H,8,9);2H,1H2,(H2,6,8,9,10);/t5-;;/m0../s1. The van der Waals surface area contributed by atoms with Gasteiger partial charge in [0.2, 0.25) is 0 Å². The van der Waals surface area contributed by atoms with Crippen LogP contribution in [0.15, 0.2) is 16.3 Å². The molecule has 1 saturated heterocycles. The second-order valence-corrected chi connectivity index (χ2v) is 8.71. The van der Waals surface area contributed by atoms with Gasteiger partial charge in [-0.15, -0.1) is 0 Å². The summed E-state index contributed by atoms with van der Waals surface area (Å²) >= 11 is 0.524. The molecule has 24 heavy (non-hydrogen) atoms. The van der Waals surface area contributed by atoms with Gasteiger partial charge in [0.25, 0.3) is 0 Å². The van der Waals surface area contributed by atoms with Crippen LogP contribution >= 0.6 is 7.60 Å². The number of anilines is 1. The minimum absolute atomic E-state index is 0.214. The summed E-state index contributed by atoms with van der Waals surface area (Å²) in [7, 11) is -2.50. The number of aliphatic hydroxyl groups excluding tert-OH is 1. The van der Waals surface area contributed by atoms with E-state index in [2.05, 4.69) is 24.5 Å². The fraction of sp³-hybridized carbons (Fsp3) is 0.636.